The molecule has 0 spiro atoms. The maximum atomic E-state index is 6.02. The van der Waals surface area contributed by atoms with E-state index in [0.29, 0.717) is 50.3 Å². The molecule has 10 heteroatoms. The summed E-state index contributed by atoms with van der Waals surface area (Å²) in [6, 6.07) is 2.82. The Morgan fingerprint density at radius 3 is 2.52 bits per heavy atom. The Balaban J connectivity index is 1.34. The van der Waals surface area contributed by atoms with Crippen LogP contribution in [0.25, 0.3) is 0 Å². The van der Waals surface area contributed by atoms with Crippen molar-refractivity contribution in [3.05, 3.63) is 24.7 Å². The molecule has 33 heavy (non-hydrogen) atoms. The van der Waals surface area contributed by atoms with Crippen LogP contribution in [0.1, 0.15) is 38.1 Å². The second kappa shape index (κ2) is 12.8. The van der Waals surface area contributed by atoms with Crippen LogP contribution in [0.2, 0.25) is 0 Å². The summed E-state index contributed by atoms with van der Waals surface area (Å²) in [5.74, 6) is 1.11. The van der Waals surface area contributed by atoms with Crippen LogP contribution in [0.5, 0.6) is 5.88 Å². The molecule has 2 fully saturated rings. The van der Waals surface area contributed by atoms with E-state index in [1.165, 1.54) is 12.8 Å². The minimum absolute atomic E-state index is 0.370. The Morgan fingerprint density at radius 2 is 1.76 bits per heavy atom. The van der Waals surface area contributed by atoms with E-state index < -0.39 is 0 Å². The van der Waals surface area contributed by atoms with Crippen LogP contribution < -0.4 is 10.1 Å². The van der Waals surface area contributed by atoms with Crippen LogP contribution in [0.15, 0.2) is 24.7 Å². The number of hydrogen-bond donors (Lipinski definition) is 1. The molecule has 2 aromatic heterocycles. The lowest BCUT2D eigenvalue weighted by Gasteiger charge is -2.38. The number of ether oxygens (including phenoxy) is 4. The highest BCUT2D eigenvalue weighted by molar-refractivity contribution is 5.58. The third kappa shape index (κ3) is 7.10. The van der Waals surface area contributed by atoms with Gasteiger partial charge in [-0.2, -0.15) is 0 Å². The van der Waals surface area contributed by atoms with Gasteiger partial charge >= 0.3 is 0 Å². The molecule has 3 heterocycles. The fourth-order valence-electron chi connectivity index (χ4n) is 4.44. The second-order valence-electron chi connectivity index (χ2n) is 8.44. The standard InChI is InChI=1S/C23H36N6O4/c1-30-16-17-31-12-3-13-33-22-21(26-23-24-8-2-9-25-23)18-29(27-22)20-6-4-19(5-7-20)28-10-14-32-15-11-28/h2,8-9,18-20H,3-7,10-17H2,1H3,(H,24,25,26). The first-order valence-corrected chi connectivity index (χ1v) is 12.0. The maximum Gasteiger partial charge on any atom is 0.256 e. The predicted octanol–water partition coefficient (Wildman–Crippen LogP) is 2.66. The molecule has 0 bridgehead atoms. The number of aromatic nitrogens is 4. The van der Waals surface area contributed by atoms with Crippen molar-refractivity contribution in [3.63, 3.8) is 0 Å². The Labute approximate surface area is 195 Å². The topological polar surface area (TPSA) is 95.8 Å². The van der Waals surface area contributed by atoms with Gasteiger partial charge in [-0.05, 0) is 31.7 Å². The molecule has 1 aliphatic heterocycles. The lowest BCUT2D eigenvalue weighted by Crippen LogP contribution is -2.45. The zero-order valence-corrected chi connectivity index (χ0v) is 19.5. The molecule has 1 N–H and O–H groups in total. The molecule has 0 unspecified atom stereocenters. The lowest BCUT2D eigenvalue weighted by molar-refractivity contribution is 0.00502. The fraction of sp³-hybridized carbons (Fsp3) is 0.696. The smallest absolute Gasteiger partial charge is 0.256 e. The van der Waals surface area contributed by atoms with Crippen molar-refractivity contribution in [1.29, 1.82) is 0 Å². The summed E-state index contributed by atoms with van der Waals surface area (Å²) < 4.78 is 24.1. The van der Waals surface area contributed by atoms with Gasteiger partial charge in [0.05, 0.1) is 45.3 Å². The van der Waals surface area contributed by atoms with E-state index in [4.69, 9.17) is 24.0 Å². The van der Waals surface area contributed by atoms with Crippen LogP contribution in [-0.4, -0.2) is 90.5 Å². The van der Waals surface area contributed by atoms with Gasteiger partial charge in [-0.1, -0.05) is 0 Å². The van der Waals surface area contributed by atoms with Gasteiger partial charge in [-0.3, -0.25) is 9.58 Å². The lowest BCUT2D eigenvalue weighted by atomic mass is 9.90. The molecule has 10 nitrogen and oxygen atoms in total. The fourth-order valence-corrected chi connectivity index (χ4v) is 4.44. The number of hydrogen-bond acceptors (Lipinski definition) is 9. The number of nitrogens with zero attached hydrogens (tertiary/aromatic N) is 5. The van der Waals surface area contributed by atoms with Gasteiger partial charge in [0.2, 0.25) is 5.95 Å². The third-order valence-electron chi connectivity index (χ3n) is 6.22. The number of methoxy groups -OCH3 is 1. The summed E-state index contributed by atoms with van der Waals surface area (Å²) >= 11 is 0. The van der Waals surface area contributed by atoms with Crippen LogP contribution >= 0.6 is 0 Å². The Hall–Kier alpha value is -2.27. The average molecular weight is 461 g/mol. The van der Waals surface area contributed by atoms with Gasteiger partial charge < -0.3 is 24.3 Å². The van der Waals surface area contributed by atoms with E-state index in [0.717, 1.165) is 51.3 Å². The van der Waals surface area contributed by atoms with Crippen molar-refractivity contribution in [2.75, 3.05) is 65.2 Å². The summed E-state index contributed by atoms with van der Waals surface area (Å²) in [4.78, 5) is 11.1. The largest absolute Gasteiger partial charge is 0.475 e. The van der Waals surface area contributed by atoms with Gasteiger partial charge in [-0.25, -0.2) is 9.97 Å². The molecule has 182 valence electrons. The van der Waals surface area contributed by atoms with Gasteiger partial charge in [0, 0.05) is 51.7 Å². The van der Waals surface area contributed by atoms with Gasteiger partial charge in [0.15, 0.2) is 0 Å². The second-order valence-corrected chi connectivity index (χ2v) is 8.44. The van der Waals surface area contributed by atoms with Crippen molar-refractivity contribution in [1.82, 2.24) is 24.6 Å². The number of nitrogens with one attached hydrogen (secondary N) is 1. The summed E-state index contributed by atoms with van der Waals surface area (Å²) in [5.41, 5.74) is 0.789. The molecule has 1 saturated carbocycles. The monoisotopic (exact) mass is 460 g/mol. The molecule has 0 aromatic carbocycles. The highest BCUT2D eigenvalue weighted by atomic mass is 16.5. The van der Waals surface area contributed by atoms with Crippen molar-refractivity contribution in [3.8, 4) is 5.88 Å². The summed E-state index contributed by atoms with van der Waals surface area (Å²) in [6.07, 6.45) is 10.8. The first-order valence-electron chi connectivity index (χ1n) is 12.0. The number of anilines is 2. The maximum absolute atomic E-state index is 6.02. The van der Waals surface area contributed by atoms with Crippen LogP contribution in [0.3, 0.4) is 0 Å². The SMILES string of the molecule is COCCOCCCOc1nn(C2CCC(N3CCOCC3)CC2)cc1Nc1ncccn1. The van der Waals surface area contributed by atoms with Crippen LogP contribution in [0.4, 0.5) is 11.6 Å². The molecule has 2 aliphatic rings. The zero-order valence-electron chi connectivity index (χ0n) is 19.5. The summed E-state index contributed by atoms with van der Waals surface area (Å²) in [6.45, 7) is 6.16. The van der Waals surface area contributed by atoms with Crippen molar-refractivity contribution >= 4 is 11.6 Å². The average Bonchev–Trinajstić information content (AvgIpc) is 3.27. The van der Waals surface area contributed by atoms with Gasteiger partial charge in [0.1, 0.15) is 5.69 Å². The minimum atomic E-state index is 0.370. The molecule has 1 saturated heterocycles. The number of rotatable bonds is 12. The van der Waals surface area contributed by atoms with Crippen molar-refractivity contribution < 1.29 is 18.9 Å². The van der Waals surface area contributed by atoms with E-state index in [1.807, 2.05) is 6.20 Å². The molecule has 0 amide bonds. The first-order chi connectivity index (χ1) is 16.3. The Kier molecular flexibility index (Phi) is 9.28. The highest BCUT2D eigenvalue weighted by Gasteiger charge is 2.28. The first kappa shape index (κ1) is 23.9. The van der Waals surface area contributed by atoms with E-state index in [-0.39, 0.29) is 0 Å². The molecule has 2 aromatic rings. The van der Waals surface area contributed by atoms with E-state index in [2.05, 4.69) is 24.9 Å². The molecule has 4 rings (SSSR count). The highest BCUT2D eigenvalue weighted by Crippen LogP contribution is 2.34. The van der Waals surface area contributed by atoms with Crippen molar-refractivity contribution in [2.24, 2.45) is 0 Å². The summed E-state index contributed by atoms with van der Waals surface area (Å²) in [5, 5.41) is 8.06. The third-order valence-corrected chi connectivity index (χ3v) is 6.22. The predicted molar refractivity (Wildman–Crippen MR) is 124 cm³/mol. The normalized spacial score (nSPS) is 21.7. The minimum Gasteiger partial charge on any atom is -0.475 e. The number of morpholine rings is 1. The quantitative estimate of drug-likeness (QED) is 0.480. The molecule has 0 atom stereocenters. The van der Waals surface area contributed by atoms with Crippen LogP contribution in [-0.2, 0) is 14.2 Å². The van der Waals surface area contributed by atoms with E-state index >= 15 is 0 Å². The van der Waals surface area contributed by atoms with Crippen LogP contribution in [0, 0.1) is 0 Å². The molecular formula is C23H36N6O4. The zero-order chi connectivity index (χ0) is 22.7. The van der Waals surface area contributed by atoms with E-state index in [9.17, 15) is 0 Å². The molecule has 0 radical (unpaired) electrons. The molecular weight excluding hydrogens is 424 g/mol. The Bertz CT molecular complexity index is 807. The summed E-state index contributed by atoms with van der Waals surface area (Å²) in [7, 11) is 1.67. The van der Waals surface area contributed by atoms with E-state index in [1.54, 1.807) is 25.6 Å². The van der Waals surface area contributed by atoms with Gasteiger partial charge in [-0.15, -0.1) is 5.10 Å². The molecule has 1 aliphatic carbocycles. The Morgan fingerprint density at radius 1 is 1.00 bits per heavy atom. The van der Waals surface area contributed by atoms with Gasteiger partial charge in [0.25, 0.3) is 5.88 Å². The van der Waals surface area contributed by atoms with Crippen molar-refractivity contribution in [2.45, 2.75) is 44.2 Å².